The highest BCUT2D eigenvalue weighted by molar-refractivity contribution is 7.88. The van der Waals surface area contributed by atoms with E-state index in [4.69, 9.17) is 13.9 Å². The fourth-order valence-corrected chi connectivity index (χ4v) is 4.86. The van der Waals surface area contributed by atoms with Gasteiger partial charge < -0.3 is 8.60 Å². The van der Waals surface area contributed by atoms with E-state index in [1.54, 1.807) is 12.1 Å². The molecule has 0 bridgehead atoms. The van der Waals surface area contributed by atoms with E-state index in [1.165, 1.54) is 22.5 Å². The van der Waals surface area contributed by atoms with Crippen molar-refractivity contribution in [1.29, 1.82) is 5.26 Å². The number of rotatable bonds is 12. The van der Waals surface area contributed by atoms with Crippen molar-refractivity contribution in [1.82, 2.24) is 0 Å². The average Bonchev–Trinajstić information content (AvgIpc) is 3.25. The largest absolute Gasteiger partial charge is 0.453 e. The van der Waals surface area contributed by atoms with Crippen molar-refractivity contribution < 1.29 is 21.8 Å². The fraction of sp³-hybridized carbons (Fsp3) is 0.407. The Morgan fingerprint density at radius 1 is 1.09 bits per heavy atom. The summed E-state index contributed by atoms with van der Waals surface area (Å²) in [5, 5.41) is 9.25. The molecule has 0 aliphatic rings. The Labute approximate surface area is 207 Å². The molecule has 0 radical (unpaired) electrons. The number of nitrogens with zero attached hydrogens (tertiary/aromatic N) is 2. The Kier molecular flexibility index (Phi) is 8.23. The molecule has 0 saturated carbocycles. The van der Waals surface area contributed by atoms with E-state index < -0.39 is 16.1 Å². The van der Waals surface area contributed by atoms with Crippen LogP contribution < -0.4 is 8.49 Å². The van der Waals surface area contributed by atoms with Crippen LogP contribution in [-0.2, 0) is 15.7 Å². The minimum atomic E-state index is -4.16. The molecule has 0 atom stereocenters. The van der Waals surface area contributed by atoms with Crippen LogP contribution in [0.1, 0.15) is 75.9 Å². The first kappa shape index (κ1) is 26.3. The second-order valence-corrected chi connectivity index (χ2v) is 10.6. The number of carbonyl (C=O) groups is 1. The molecule has 0 fully saturated rings. The molecule has 0 spiro atoms. The number of hydrogen-bond donors (Lipinski definition) is 0. The molecule has 0 unspecified atom stereocenters. The topological polar surface area (TPSA) is 101 Å². The molecule has 3 rings (SSSR count). The van der Waals surface area contributed by atoms with Crippen LogP contribution in [0.4, 0.5) is 5.69 Å². The number of nitriles is 1. The first-order valence-electron chi connectivity index (χ1n) is 11.9. The van der Waals surface area contributed by atoms with Gasteiger partial charge in [0.2, 0.25) is 5.78 Å². The van der Waals surface area contributed by atoms with E-state index in [-0.39, 0.29) is 23.3 Å². The molecule has 0 aliphatic heterocycles. The minimum absolute atomic E-state index is 0.00553. The van der Waals surface area contributed by atoms with Crippen LogP contribution in [0.25, 0.3) is 11.0 Å². The molecular weight excluding hydrogens is 464 g/mol. The summed E-state index contributed by atoms with van der Waals surface area (Å²) in [5.41, 5.74) is 2.09. The van der Waals surface area contributed by atoms with Crippen molar-refractivity contribution in [2.24, 2.45) is 0 Å². The zero-order valence-electron chi connectivity index (χ0n) is 20.7. The lowest BCUT2D eigenvalue weighted by Crippen LogP contribution is -2.35. The van der Waals surface area contributed by atoms with Crippen molar-refractivity contribution in [3.05, 3.63) is 59.9 Å². The van der Waals surface area contributed by atoms with E-state index >= 15 is 0 Å². The number of carbonyl (C=O) groups excluding carboxylic acids is 1. The Balaban J connectivity index is 1.89. The van der Waals surface area contributed by atoms with Gasteiger partial charge in [-0.15, -0.1) is 0 Å². The molecule has 186 valence electrons. The summed E-state index contributed by atoms with van der Waals surface area (Å²) in [6.45, 7) is 8.81. The molecule has 0 aliphatic carbocycles. The highest BCUT2D eigenvalue weighted by atomic mass is 32.2. The van der Waals surface area contributed by atoms with E-state index in [0.29, 0.717) is 29.6 Å². The Hall–Kier alpha value is -3.31. The van der Waals surface area contributed by atoms with E-state index in [1.807, 2.05) is 24.3 Å². The molecule has 8 heteroatoms. The lowest BCUT2D eigenvalue weighted by atomic mass is 9.82. The first-order valence-corrected chi connectivity index (χ1v) is 13.2. The van der Waals surface area contributed by atoms with Crippen molar-refractivity contribution in [3.8, 4) is 11.8 Å². The van der Waals surface area contributed by atoms with Crippen LogP contribution >= 0.6 is 0 Å². The molecule has 3 aromatic rings. The van der Waals surface area contributed by atoms with Gasteiger partial charge in [-0.1, -0.05) is 52.7 Å². The third-order valence-corrected chi connectivity index (χ3v) is 7.60. The molecule has 35 heavy (non-hydrogen) atoms. The van der Waals surface area contributed by atoms with Gasteiger partial charge >= 0.3 is 10.3 Å². The highest BCUT2D eigenvalue weighted by Gasteiger charge is 2.26. The summed E-state index contributed by atoms with van der Waals surface area (Å²) in [5.74, 6) is -0.268. The quantitative estimate of drug-likeness (QED) is 0.208. The van der Waals surface area contributed by atoms with Gasteiger partial charge in [-0.3, -0.25) is 4.79 Å². The SMILES string of the molecule is CCCCCN(c1ccc(C(C)(C)CC)cc1)S(=O)(=O)Oc1ccc2oc(C(=O)CC#N)cc2c1. The number of Topliss-reactive ketones (excluding diaryl/α,β-unsaturated/α-hetero) is 1. The standard InChI is InChI=1S/C27H32N2O5S/c1-5-7-8-17-29(22-11-9-21(10-12-22)27(3,4)6-2)35(31,32)34-23-13-14-25-20(18-23)19-26(33-25)24(30)15-16-28/h9-14,18-19H,5-8,15,17H2,1-4H3. The van der Waals surface area contributed by atoms with E-state index in [0.717, 1.165) is 24.8 Å². The van der Waals surface area contributed by atoms with Crippen molar-refractivity contribution in [2.75, 3.05) is 10.8 Å². The van der Waals surface area contributed by atoms with Crippen LogP contribution in [0.15, 0.2) is 52.9 Å². The number of hydrogen-bond acceptors (Lipinski definition) is 6. The van der Waals surface area contributed by atoms with Gasteiger partial charge in [0.25, 0.3) is 0 Å². The predicted octanol–water partition coefficient (Wildman–Crippen LogP) is 6.54. The number of ketones is 1. The van der Waals surface area contributed by atoms with E-state index in [2.05, 4.69) is 27.7 Å². The number of furan rings is 1. The molecule has 1 aromatic heterocycles. The van der Waals surface area contributed by atoms with Crippen LogP contribution in [0.5, 0.6) is 5.75 Å². The summed E-state index contributed by atoms with van der Waals surface area (Å²) < 4.78 is 39.0. The van der Waals surface area contributed by atoms with Crippen LogP contribution in [-0.4, -0.2) is 20.7 Å². The van der Waals surface area contributed by atoms with Crippen LogP contribution in [0.3, 0.4) is 0 Å². The fourth-order valence-electron chi connectivity index (χ4n) is 3.69. The minimum Gasteiger partial charge on any atom is -0.453 e. The summed E-state index contributed by atoms with van der Waals surface area (Å²) in [7, 11) is -4.16. The second-order valence-electron chi connectivity index (χ2n) is 9.17. The van der Waals surface area contributed by atoms with Crippen molar-refractivity contribution >= 4 is 32.7 Å². The van der Waals surface area contributed by atoms with Gasteiger partial charge in [0.15, 0.2) is 5.76 Å². The normalized spacial score (nSPS) is 11.9. The number of fused-ring (bicyclic) bond motifs is 1. The third kappa shape index (κ3) is 6.23. The first-order chi connectivity index (χ1) is 16.6. The average molecular weight is 497 g/mol. The third-order valence-electron chi connectivity index (χ3n) is 6.26. The zero-order valence-corrected chi connectivity index (χ0v) is 21.5. The van der Waals surface area contributed by atoms with Crippen molar-refractivity contribution in [3.63, 3.8) is 0 Å². The maximum atomic E-state index is 13.4. The smallest absolute Gasteiger partial charge is 0.409 e. The number of benzene rings is 2. The van der Waals surface area contributed by atoms with Gasteiger partial charge in [0.1, 0.15) is 17.8 Å². The van der Waals surface area contributed by atoms with Gasteiger partial charge in [0.05, 0.1) is 11.8 Å². The highest BCUT2D eigenvalue weighted by Crippen LogP contribution is 2.31. The molecule has 2 aromatic carbocycles. The van der Waals surface area contributed by atoms with Crippen LogP contribution in [0, 0.1) is 11.3 Å². The Morgan fingerprint density at radius 3 is 2.43 bits per heavy atom. The van der Waals surface area contributed by atoms with Crippen molar-refractivity contribution in [2.45, 2.75) is 65.2 Å². The number of anilines is 1. The zero-order chi connectivity index (χ0) is 25.6. The molecular formula is C27H32N2O5S. The Morgan fingerprint density at radius 2 is 1.80 bits per heavy atom. The van der Waals surface area contributed by atoms with Gasteiger partial charge in [0, 0.05) is 11.9 Å². The molecule has 7 nitrogen and oxygen atoms in total. The summed E-state index contributed by atoms with van der Waals surface area (Å²) in [4.78, 5) is 12.0. The maximum Gasteiger partial charge on any atom is 0.409 e. The summed E-state index contributed by atoms with van der Waals surface area (Å²) in [6.07, 6.45) is 3.23. The predicted molar refractivity (Wildman–Crippen MR) is 137 cm³/mol. The van der Waals surface area contributed by atoms with Crippen LogP contribution in [0.2, 0.25) is 0 Å². The lowest BCUT2D eigenvalue weighted by molar-refractivity contribution is 0.0973. The lowest BCUT2D eigenvalue weighted by Gasteiger charge is -2.26. The Bertz CT molecular complexity index is 1320. The number of unbranched alkanes of at least 4 members (excludes halogenated alkanes) is 2. The van der Waals surface area contributed by atoms with Gasteiger partial charge in [-0.25, -0.2) is 4.31 Å². The van der Waals surface area contributed by atoms with E-state index in [9.17, 15) is 13.2 Å². The van der Waals surface area contributed by atoms with Gasteiger partial charge in [-0.2, -0.15) is 13.7 Å². The second kappa shape index (κ2) is 11.0. The summed E-state index contributed by atoms with van der Waals surface area (Å²) in [6, 6.07) is 15.4. The molecule has 1 heterocycles. The maximum absolute atomic E-state index is 13.4. The monoisotopic (exact) mass is 496 g/mol. The molecule has 0 N–H and O–H groups in total. The van der Waals surface area contributed by atoms with Gasteiger partial charge in [-0.05, 0) is 60.2 Å². The molecule has 0 saturated heterocycles. The summed E-state index contributed by atoms with van der Waals surface area (Å²) >= 11 is 0. The molecule has 0 amide bonds.